The van der Waals surface area contributed by atoms with E-state index in [0.717, 1.165) is 38.1 Å². The molecular formula is C22H28N2O2. The summed E-state index contributed by atoms with van der Waals surface area (Å²) >= 11 is 0. The molecule has 2 aliphatic rings. The quantitative estimate of drug-likeness (QED) is 0.828. The first kappa shape index (κ1) is 17.3. The molecule has 2 aromatic rings. The molecule has 1 saturated heterocycles. The fourth-order valence-electron chi connectivity index (χ4n) is 4.49. The number of amides is 1. The van der Waals surface area contributed by atoms with Gasteiger partial charge in [0.05, 0.1) is 6.26 Å². The van der Waals surface area contributed by atoms with Crippen LogP contribution in [-0.4, -0.2) is 47.9 Å². The summed E-state index contributed by atoms with van der Waals surface area (Å²) in [6.45, 7) is 2.16. The van der Waals surface area contributed by atoms with Gasteiger partial charge < -0.3 is 9.32 Å². The molecule has 1 aromatic carbocycles. The molecule has 138 valence electrons. The van der Waals surface area contributed by atoms with Crippen LogP contribution in [0, 0.1) is 0 Å². The third kappa shape index (κ3) is 3.70. The van der Waals surface area contributed by atoms with Gasteiger partial charge in [-0.05, 0) is 55.5 Å². The average molecular weight is 352 g/mol. The normalized spacial score (nSPS) is 20.9. The number of carbonyl (C=O) groups is 1. The first-order chi connectivity index (χ1) is 12.7. The molecule has 1 atom stereocenters. The minimum atomic E-state index is 0.225. The number of likely N-dealkylation sites (tertiary alicyclic amines) is 1. The van der Waals surface area contributed by atoms with Gasteiger partial charge in [0.15, 0.2) is 0 Å². The van der Waals surface area contributed by atoms with Gasteiger partial charge in [0.25, 0.3) is 0 Å². The number of aryl methyl sites for hydroxylation is 1. The number of carbonyl (C=O) groups excluding carboxylic acids is 1. The first-order valence-electron chi connectivity index (χ1n) is 9.79. The molecule has 0 spiro atoms. The minimum absolute atomic E-state index is 0.225. The molecule has 0 saturated carbocycles. The van der Waals surface area contributed by atoms with E-state index in [-0.39, 0.29) is 5.91 Å². The Morgan fingerprint density at radius 1 is 1.19 bits per heavy atom. The first-order valence-corrected chi connectivity index (χ1v) is 9.79. The molecule has 1 amide bonds. The fraction of sp³-hybridized carbons (Fsp3) is 0.500. The average Bonchev–Trinajstić information content (AvgIpc) is 3.35. The second kappa shape index (κ2) is 7.67. The zero-order valence-corrected chi connectivity index (χ0v) is 15.6. The summed E-state index contributed by atoms with van der Waals surface area (Å²) in [5.41, 5.74) is 3.00. The topological polar surface area (TPSA) is 36.7 Å². The van der Waals surface area contributed by atoms with Gasteiger partial charge in [-0.15, -0.1) is 0 Å². The van der Waals surface area contributed by atoms with E-state index >= 15 is 0 Å². The van der Waals surface area contributed by atoms with Crippen molar-refractivity contribution in [2.24, 2.45) is 0 Å². The third-order valence-corrected chi connectivity index (χ3v) is 6.08. The molecular weight excluding hydrogens is 324 g/mol. The molecule has 4 rings (SSSR count). The van der Waals surface area contributed by atoms with Crippen LogP contribution in [0.25, 0.3) is 0 Å². The van der Waals surface area contributed by atoms with Crippen LogP contribution in [0.1, 0.15) is 36.1 Å². The lowest BCUT2D eigenvalue weighted by Crippen LogP contribution is -2.51. The number of furan rings is 1. The molecule has 4 heteroatoms. The molecule has 0 unspecified atom stereocenters. The van der Waals surface area contributed by atoms with E-state index in [2.05, 4.69) is 29.2 Å². The predicted molar refractivity (Wildman–Crippen MR) is 102 cm³/mol. The van der Waals surface area contributed by atoms with Crippen molar-refractivity contribution >= 4 is 5.91 Å². The van der Waals surface area contributed by atoms with E-state index in [1.807, 2.05) is 24.1 Å². The fourth-order valence-corrected chi connectivity index (χ4v) is 4.49. The Hall–Kier alpha value is -2.07. The highest BCUT2D eigenvalue weighted by molar-refractivity contribution is 5.76. The van der Waals surface area contributed by atoms with Crippen molar-refractivity contribution in [2.45, 2.75) is 50.6 Å². The van der Waals surface area contributed by atoms with Gasteiger partial charge in [0.2, 0.25) is 5.91 Å². The Labute approximate surface area is 155 Å². The second-order valence-corrected chi connectivity index (χ2v) is 7.71. The standard InChI is InChI=1S/C22H28N2O2/c1-23(22(25)11-10-21-9-5-13-26-21)19-8-4-12-24(16-19)20-14-17-6-2-3-7-18(17)15-20/h2-3,5-7,9,13,19-20H,4,8,10-12,14-16H2,1H3/t19-/m0/s1. The van der Waals surface area contributed by atoms with Crippen molar-refractivity contribution in [1.29, 1.82) is 0 Å². The van der Waals surface area contributed by atoms with E-state index in [1.54, 1.807) is 6.26 Å². The van der Waals surface area contributed by atoms with Gasteiger partial charge in [0.1, 0.15) is 5.76 Å². The summed E-state index contributed by atoms with van der Waals surface area (Å²) in [4.78, 5) is 17.2. The van der Waals surface area contributed by atoms with Crippen LogP contribution >= 0.6 is 0 Å². The Kier molecular flexibility index (Phi) is 5.11. The van der Waals surface area contributed by atoms with Crippen LogP contribution in [0.2, 0.25) is 0 Å². The van der Waals surface area contributed by atoms with Gasteiger partial charge in [-0.3, -0.25) is 9.69 Å². The number of piperidine rings is 1. The van der Waals surface area contributed by atoms with Crippen molar-refractivity contribution in [3.05, 3.63) is 59.5 Å². The summed E-state index contributed by atoms with van der Waals surface area (Å²) in [6.07, 6.45) is 7.46. The SMILES string of the molecule is CN(C(=O)CCc1ccco1)[C@H]1CCCN(C2Cc3ccccc3C2)C1. The van der Waals surface area contributed by atoms with Gasteiger partial charge in [-0.1, -0.05) is 24.3 Å². The predicted octanol–water partition coefficient (Wildman–Crippen LogP) is 3.30. The second-order valence-electron chi connectivity index (χ2n) is 7.71. The molecule has 4 nitrogen and oxygen atoms in total. The highest BCUT2D eigenvalue weighted by atomic mass is 16.3. The van der Waals surface area contributed by atoms with Crippen molar-refractivity contribution in [3.8, 4) is 0 Å². The summed E-state index contributed by atoms with van der Waals surface area (Å²) in [5.74, 6) is 1.11. The number of fused-ring (bicyclic) bond motifs is 1. The number of rotatable bonds is 5. The van der Waals surface area contributed by atoms with Crippen molar-refractivity contribution < 1.29 is 9.21 Å². The van der Waals surface area contributed by atoms with E-state index in [4.69, 9.17) is 4.42 Å². The van der Waals surface area contributed by atoms with Crippen molar-refractivity contribution in [1.82, 2.24) is 9.80 Å². The molecule has 2 heterocycles. The maximum absolute atomic E-state index is 12.6. The molecule has 1 aliphatic carbocycles. The van der Waals surface area contributed by atoms with Crippen molar-refractivity contribution in [3.63, 3.8) is 0 Å². The smallest absolute Gasteiger partial charge is 0.223 e. The van der Waals surface area contributed by atoms with Crippen LogP contribution in [-0.2, 0) is 24.1 Å². The van der Waals surface area contributed by atoms with Crippen LogP contribution < -0.4 is 0 Å². The molecule has 0 N–H and O–H groups in total. The van der Waals surface area contributed by atoms with E-state index < -0.39 is 0 Å². The molecule has 0 radical (unpaired) electrons. The van der Waals surface area contributed by atoms with Crippen molar-refractivity contribution in [2.75, 3.05) is 20.1 Å². The van der Waals surface area contributed by atoms with E-state index in [1.165, 1.54) is 17.5 Å². The Balaban J connectivity index is 1.32. The number of nitrogens with zero attached hydrogens (tertiary/aromatic N) is 2. The number of likely N-dealkylation sites (N-methyl/N-ethyl adjacent to an activating group) is 1. The lowest BCUT2D eigenvalue weighted by Gasteiger charge is -2.40. The highest BCUT2D eigenvalue weighted by Gasteiger charge is 2.32. The monoisotopic (exact) mass is 352 g/mol. The third-order valence-electron chi connectivity index (χ3n) is 6.08. The van der Waals surface area contributed by atoms with Crippen LogP contribution in [0.5, 0.6) is 0 Å². The Morgan fingerprint density at radius 2 is 1.96 bits per heavy atom. The molecule has 26 heavy (non-hydrogen) atoms. The summed E-state index contributed by atoms with van der Waals surface area (Å²) < 4.78 is 5.35. The lowest BCUT2D eigenvalue weighted by atomic mass is 10.0. The Bertz CT molecular complexity index is 715. The number of hydrogen-bond donors (Lipinski definition) is 0. The van der Waals surface area contributed by atoms with Gasteiger partial charge in [-0.25, -0.2) is 0 Å². The maximum atomic E-state index is 12.6. The molecule has 1 aromatic heterocycles. The molecule has 0 bridgehead atoms. The van der Waals surface area contributed by atoms with Crippen LogP contribution in [0.3, 0.4) is 0 Å². The molecule has 1 fully saturated rings. The zero-order valence-electron chi connectivity index (χ0n) is 15.6. The largest absolute Gasteiger partial charge is 0.469 e. The van der Waals surface area contributed by atoms with Crippen LogP contribution in [0.15, 0.2) is 47.1 Å². The lowest BCUT2D eigenvalue weighted by molar-refractivity contribution is -0.133. The molecule has 1 aliphatic heterocycles. The summed E-state index contributed by atoms with van der Waals surface area (Å²) in [7, 11) is 1.97. The summed E-state index contributed by atoms with van der Waals surface area (Å²) in [6, 6.07) is 13.6. The highest BCUT2D eigenvalue weighted by Crippen LogP contribution is 2.28. The number of benzene rings is 1. The van der Waals surface area contributed by atoms with Crippen LogP contribution in [0.4, 0.5) is 0 Å². The van der Waals surface area contributed by atoms with E-state index in [9.17, 15) is 4.79 Å². The van der Waals surface area contributed by atoms with Gasteiger partial charge >= 0.3 is 0 Å². The maximum Gasteiger partial charge on any atom is 0.223 e. The van der Waals surface area contributed by atoms with E-state index in [0.29, 0.717) is 24.9 Å². The summed E-state index contributed by atoms with van der Waals surface area (Å²) in [5, 5.41) is 0. The van der Waals surface area contributed by atoms with Gasteiger partial charge in [0, 0.05) is 38.5 Å². The zero-order chi connectivity index (χ0) is 17.9. The van der Waals surface area contributed by atoms with Gasteiger partial charge in [-0.2, -0.15) is 0 Å². The minimum Gasteiger partial charge on any atom is -0.469 e. The number of hydrogen-bond acceptors (Lipinski definition) is 3. The Morgan fingerprint density at radius 3 is 2.65 bits per heavy atom.